The molecule has 0 saturated carbocycles. The monoisotopic (exact) mass is 913 g/mol. The van der Waals surface area contributed by atoms with Gasteiger partial charge >= 0.3 is 0 Å². The summed E-state index contributed by atoms with van der Waals surface area (Å²) in [5.41, 5.74) is 2.17. The number of aryl methyl sites for hydroxylation is 1. The third-order valence-corrected chi connectivity index (χ3v) is 11.4. The smallest absolute Gasteiger partial charge is 0.259 e. The molecule has 1 amide bonds. The van der Waals surface area contributed by atoms with E-state index in [0.29, 0.717) is 93.7 Å². The number of hydrogen-bond acceptors (Lipinski definition) is 14. The minimum atomic E-state index is -0.571. The number of fused-ring (bicyclic) bond motifs is 2. The number of benzene rings is 4. The van der Waals surface area contributed by atoms with Crippen LogP contribution < -0.4 is 34.9 Å². The number of amides is 1. The summed E-state index contributed by atoms with van der Waals surface area (Å²) in [6.45, 7) is 4.63. The summed E-state index contributed by atoms with van der Waals surface area (Å²) in [5.74, 6) is 2.40. The predicted octanol–water partition coefficient (Wildman–Crippen LogP) is 9.46. The summed E-state index contributed by atoms with van der Waals surface area (Å²) >= 11 is 11.8. The second-order valence-corrected chi connectivity index (χ2v) is 15.7. The maximum Gasteiger partial charge on any atom is 0.259 e. The molecular weight excluding hydrogens is 871 g/mol. The lowest BCUT2D eigenvalue weighted by atomic mass is 10.1. The van der Waals surface area contributed by atoms with E-state index in [1.54, 1.807) is 68.5 Å². The Balaban J connectivity index is 0.000000181. The summed E-state index contributed by atoms with van der Waals surface area (Å²) in [7, 11) is 3.15. The lowest BCUT2D eigenvalue weighted by Crippen LogP contribution is -2.41. The largest absolute Gasteiger partial charge is 0.493 e. The summed E-state index contributed by atoms with van der Waals surface area (Å²) in [6.07, 6.45) is 7.36. The second-order valence-electron chi connectivity index (χ2n) is 14.9. The zero-order valence-corrected chi connectivity index (χ0v) is 36.5. The molecular formula is C45H43Cl2F2N9O6. The van der Waals surface area contributed by atoms with Gasteiger partial charge in [-0.25, -0.2) is 28.7 Å². The number of ether oxygens (including phenoxy) is 4. The Labute approximate surface area is 376 Å². The summed E-state index contributed by atoms with van der Waals surface area (Å²) < 4.78 is 57.3. The van der Waals surface area contributed by atoms with Crippen molar-refractivity contribution in [2.75, 3.05) is 51.0 Å². The standard InChI is InChI=1S/C25H23ClFN5O4.C20H20ClFN4O2/c1-14-17(12-30-36-14)25(33)32-8-6-15(7-9-32)35-22-10-16-20(11-21(22)34-2)28-13-29-24(16)31-19-5-3-4-18(26)23(19)27;1-27-17-10-16-13(9-18(17)28-12-5-7-23-8-6-12)20(25-11-24-16)26-15-4-2-3-14(21)19(15)22/h3-5,10-13,15H,6-9H2,1-2H3,(H,28,29,31);2-4,9-12,23H,5-8H2,1H3,(H,24,25,26). The lowest BCUT2D eigenvalue weighted by Gasteiger charge is -2.32. The van der Waals surface area contributed by atoms with E-state index in [2.05, 4.69) is 41.0 Å². The maximum absolute atomic E-state index is 14.5. The van der Waals surface area contributed by atoms with Crippen LogP contribution in [0.15, 0.2) is 84.0 Å². The zero-order chi connectivity index (χ0) is 44.7. The molecule has 0 bridgehead atoms. The van der Waals surface area contributed by atoms with Crippen LogP contribution in [0.5, 0.6) is 23.0 Å². The van der Waals surface area contributed by atoms with Gasteiger partial charge in [0.25, 0.3) is 5.91 Å². The number of rotatable bonds is 11. The second kappa shape index (κ2) is 19.9. The van der Waals surface area contributed by atoms with E-state index in [9.17, 15) is 13.6 Å². The van der Waals surface area contributed by atoms with Gasteiger partial charge in [-0.1, -0.05) is 40.5 Å². The first-order chi connectivity index (χ1) is 31.1. The van der Waals surface area contributed by atoms with Gasteiger partial charge in [-0.2, -0.15) is 0 Å². The number of carbonyl (C=O) groups excluding carboxylic acids is 1. The molecule has 4 aromatic carbocycles. The summed E-state index contributed by atoms with van der Waals surface area (Å²) in [4.78, 5) is 31.7. The molecule has 19 heteroatoms. The fraction of sp³-hybridized carbons (Fsp3) is 0.289. The molecule has 9 rings (SSSR count). The molecule has 3 aromatic heterocycles. The number of methoxy groups -OCH3 is 2. The van der Waals surface area contributed by atoms with Crippen molar-refractivity contribution in [3.05, 3.63) is 113 Å². The van der Waals surface area contributed by atoms with E-state index in [1.165, 1.54) is 31.0 Å². The maximum atomic E-state index is 14.5. The Kier molecular flexibility index (Phi) is 13.7. The molecule has 5 heterocycles. The van der Waals surface area contributed by atoms with Crippen molar-refractivity contribution in [3.63, 3.8) is 0 Å². The minimum Gasteiger partial charge on any atom is -0.493 e. The van der Waals surface area contributed by atoms with Crippen LogP contribution in [0.3, 0.4) is 0 Å². The number of aromatic nitrogens is 5. The Morgan fingerprint density at radius 2 is 1.23 bits per heavy atom. The number of carbonyl (C=O) groups is 1. The fourth-order valence-electron chi connectivity index (χ4n) is 7.41. The summed E-state index contributed by atoms with van der Waals surface area (Å²) in [6, 6.07) is 16.6. The first-order valence-corrected chi connectivity index (χ1v) is 21.2. The van der Waals surface area contributed by atoms with Gasteiger partial charge in [0.2, 0.25) is 0 Å². The SMILES string of the molecule is COc1cc2ncnc(Nc3cccc(Cl)c3F)c2cc1OC1CCN(C(=O)c2cnoc2C)CC1.COc1cc2ncnc(Nc3cccc(Cl)c3F)c2cc1OC1CCNCC1. The third-order valence-electron chi connectivity index (χ3n) is 10.8. The number of likely N-dealkylation sites (tertiary alicyclic amines) is 1. The van der Waals surface area contributed by atoms with Gasteiger partial charge in [0, 0.05) is 48.8 Å². The molecule has 15 nitrogen and oxygen atoms in total. The van der Waals surface area contributed by atoms with Crippen LogP contribution >= 0.6 is 23.2 Å². The quantitative estimate of drug-likeness (QED) is 0.112. The lowest BCUT2D eigenvalue weighted by molar-refractivity contribution is 0.0589. The van der Waals surface area contributed by atoms with Crippen LogP contribution in [0, 0.1) is 18.6 Å². The molecule has 0 atom stereocenters. The minimum absolute atomic E-state index is 0.00747. The molecule has 0 unspecified atom stereocenters. The molecule has 0 radical (unpaired) electrons. The highest BCUT2D eigenvalue weighted by atomic mass is 35.5. The average Bonchev–Trinajstić information content (AvgIpc) is 3.75. The summed E-state index contributed by atoms with van der Waals surface area (Å²) in [5, 5.41) is 14.4. The zero-order valence-electron chi connectivity index (χ0n) is 35.0. The van der Waals surface area contributed by atoms with Gasteiger partial charge in [-0.05, 0) is 69.3 Å². The van der Waals surface area contributed by atoms with Crippen molar-refractivity contribution >= 4 is 73.9 Å². The van der Waals surface area contributed by atoms with Crippen LogP contribution in [0.1, 0.15) is 41.8 Å². The van der Waals surface area contributed by atoms with Crippen LogP contribution in [-0.2, 0) is 0 Å². The van der Waals surface area contributed by atoms with Crippen LogP contribution in [0.4, 0.5) is 31.8 Å². The van der Waals surface area contributed by atoms with Crippen molar-refractivity contribution in [1.29, 1.82) is 0 Å². The highest BCUT2D eigenvalue weighted by Gasteiger charge is 2.28. The number of piperidine rings is 2. The van der Waals surface area contributed by atoms with E-state index >= 15 is 0 Å². The van der Waals surface area contributed by atoms with Gasteiger partial charge in [0.15, 0.2) is 34.6 Å². The molecule has 0 aliphatic carbocycles. The molecule has 2 aliphatic heterocycles. The topological polar surface area (TPSA) is 171 Å². The van der Waals surface area contributed by atoms with Crippen molar-refractivity contribution in [2.45, 2.75) is 44.8 Å². The number of hydrogen-bond donors (Lipinski definition) is 3. The number of halogens is 4. The average molecular weight is 915 g/mol. The number of anilines is 4. The third kappa shape index (κ3) is 9.81. The van der Waals surface area contributed by atoms with Crippen molar-refractivity contribution in [3.8, 4) is 23.0 Å². The van der Waals surface area contributed by atoms with Gasteiger partial charge in [-0.3, -0.25) is 4.79 Å². The number of nitrogens with zero attached hydrogens (tertiary/aromatic N) is 6. The highest BCUT2D eigenvalue weighted by Crippen LogP contribution is 2.38. The first-order valence-electron chi connectivity index (χ1n) is 20.4. The van der Waals surface area contributed by atoms with E-state index in [0.717, 1.165) is 25.9 Å². The first kappa shape index (κ1) is 44.1. The Hall–Kier alpha value is -6.56. The van der Waals surface area contributed by atoms with Crippen LogP contribution in [0.2, 0.25) is 10.0 Å². The molecule has 0 spiro atoms. The molecule has 332 valence electrons. The highest BCUT2D eigenvalue weighted by molar-refractivity contribution is 6.31. The van der Waals surface area contributed by atoms with Gasteiger partial charge in [0.05, 0.1) is 52.9 Å². The van der Waals surface area contributed by atoms with E-state index in [4.69, 9.17) is 46.7 Å². The van der Waals surface area contributed by atoms with Gasteiger partial charge in [-0.15, -0.1) is 0 Å². The van der Waals surface area contributed by atoms with Crippen molar-refractivity contribution in [1.82, 2.24) is 35.3 Å². The normalized spacial score (nSPS) is 14.5. The molecule has 7 aromatic rings. The van der Waals surface area contributed by atoms with Crippen molar-refractivity contribution in [2.24, 2.45) is 0 Å². The molecule has 2 fully saturated rings. The molecule has 2 aliphatic rings. The molecule has 3 N–H and O–H groups in total. The van der Waals surface area contributed by atoms with Crippen LogP contribution in [-0.4, -0.2) is 88.5 Å². The van der Waals surface area contributed by atoms with E-state index < -0.39 is 11.6 Å². The molecule has 2 saturated heterocycles. The Bertz CT molecular complexity index is 2790. The van der Waals surface area contributed by atoms with Gasteiger partial charge in [0.1, 0.15) is 47.8 Å². The van der Waals surface area contributed by atoms with E-state index in [-0.39, 0.29) is 39.5 Å². The number of nitrogens with one attached hydrogen (secondary N) is 3. The van der Waals surface area contributed by atoms with E-state index in [1.807, 2.05) is 6.07 Å². The molecule has 64 heavy (non-hydrogen) atoms. The van der Waals surface area contributed by atoms with Crippen molar-refractivity contribution < 1.29 is 37.0 Å². The Morgan fingerprint density at radius 1 is 0.734 bits per heavy atom. The predicted molar refractivity (Wildman–Crippen MR) is 239 cm³/mol. The fourth-order valence-corrected chi connectivity index (χ4v) is 7.76. The van der Waals surface area contributed by atoms with Crippen LogP contribution in [0.25, 0.3) is 21.8 Å². The van der Waals surface area contributed by atoms with Gasteiger partial charge < -0.3 is 44.3 Å². The Morgan fingerprint density at radius 3 is 1.70 bits per heavy atom.